The van der Waals surface area contributed by atoms with E-state index >= 15 is 0 Å². The number of hydrogen-bond donors (Lipinski definition) is 0. The lowest BCUT2D eigenvalue weighted by molar-refractivity contribution is 0.0556. The highest BCUT2D eigenvalue weighted by atomic mass is 16.5. The van der Waals surface area contributed by atoms with E-state index in [1.807, 2.05) is 0 Å². The quantitative estimate of drug-likeness (QED) is 0.610. The predicted octanol–water partition coefficient (Wildman–Crippen LogP) is 2.53. The van der Waals surface area contributed by atoms with Crippen LogP contribution in [0.2, 0.25) is 0 Å². The molecule has 0 saturated carbocycles. The van der Waals surface area contributed by atoms with Gasteiger partial charge in [0, 0.05) is 19.7 Å². The molecule has 1 aliphatic rings. The lowest BCUT2D eigenvalue weighted by Crippen LogP contribution is -2.23. The molecule has 2 heteroatoms. The Morgan fingerprint density at radius 2 is 2.21 bits per heavy atom. The molecule has 1 unspecified atom stereocenters. The summed E-state index contributed by atoms with van der Waals surface area (Å²) in [6.07, 6.45) is 4.27. The monoisotopic (exact) mass is 199 g/mol. The molecule has 1 rings (SSSR count). The molecule has 0 aromatic rings. The maximum atomic E-state index is 5.84. The van der Waals surface area contributed by atoms with Crippen molar-refractivity contribution in [3.05, 3.63) is 0 Å². The van der Waals surface area contributed by atoms with Gasteiger partial charge >= 0.3 is 0 Å². The third-order valence-electron chi connectivity index (χ3n) is 2.96. The molecule has 1 heterocycles. The first-order valence-electron chi connectivity index (χ1n) is 6.06. The van der Waals surface area contributed by atoms with Crippen LogP contribution >= 0.6 is 0 Å². The molecular weight excluding hydrogens is 174 g/mol. The molecule has 0 aromatic carbocycles. The molecule has 0 N–H and O–H groups in total. The Morgan fingerprint density at radius 3 is 2.79 bits per heavy atom. The Hall–Kier alpha value is -0.0800. The Morgan fingerprint density at radius 1 is 1.43 bits per heavy atom. The third kappa shape index (κ3) is 4.43. The maximum absolute atomic E-state index is 5.84. The van der Waals surface area contributed by atoms with Crippen molar-refractivity contribution in [3.8, 4) is 0 Å². The summed E-state index contributed by atoms with van der Waals surface area (Å²) in [5, 5.41) is 0. The molecule has 0 aliphatic carbocycles. The lowest BCUT2D eigenvalue weighted by Gasteiger charge is -2.14. The van der Waals surface area contributed by atoms with Gasteiger partial charge in [0.05, 0.1) is 6.10 Å². The Bertz CT molecular complexity index is 147. The van der Waals surface area contributed by atoms with E-state index in [-0.39, 0.29) is 0 Å². The van der Waals surface area contributed by atoms with Crippen LogP contribution in [0.5, 0.6) is 0 Å². The normalized spacial score (nSPS) is 23.6. The van der Waals surface area contributed by atoms with Gasteiger partial charge < -0.3 is 9.64 Å². The number of hydrogen-bond acceptors (Lipinski definition) is 2. The predicted molar refractivity (Wildman–Crippen MR) is 60.5 cm³/mol. The van der Waals surface area contributed by atoms with E-state index in [1.165, 1.54) is 32.4 Å². The fourth-order valence-electron chi connectivity index (χ4n) is 1.96. The first-order chi connectivity index (χ1) is 6.72. The maximum Gasteiger partial charge on any atom is 0.0714 e. The number of nitrogens with zero attached hydrogens (tertiary/aromatic N) is 1. The number of ether oxygens (including phenoxy) is 1. The van der Waals surface area contributed by atoms with Crippen LogP contribution < -0.4 is 0 Å². The summed E-state index contributed by atoms with van der Waals surface area (Å²) in [5.74, 6) is 0.814. The first kappa shape index (κ1) is 12.0. The molecule has 1 saturated heterocycles. The molecule has 0 bridgehead atoms. The van der Waals surface area contributed by atoms with Crippen molar-refractivity contribution < 1.29 is 4.74 Å². The number of likely N-dealkylation sites (tertiary alicyclic amines) is 1. The zero-order chi connectivity index (χ0) is 10.4. The Kier molecular flexibility index (Phi) is 5.49. The van der Waals surface area contributed by atoms with Gasteiger partial charge in [-0.2, -0.15) is 0 Å². The molecule has 0 amide bonds. The molecule has 14 heavy (non-hydrogen) atoms. The highest BCUT2D eigenvalue weighted by Crippen LogP contribution is 2.13. The van der Waals surface area contributed by atoms with E-state index in [0.717, 1.165) is 19.1 Å². The van der Waals surface area contributed by atoms with Gasteiger partial charge in [0.15, 0.2) is 0 Å². The van der Waals surface area contributed by atoms with Crippen molar-refractivity contribution >= 4 is 0 Å². The summed E-state index contributed by atoms with van der Waals surface area (Å²) >= 11 is 0. The molecule has 1 atom stereocenters. The summed E-state index contributed by atoms with van der Waals surface area (Å²) in [5.41, 5.74) is 0. The van der Waals surface area contributed by atoms with Crippen molar-refractivity contribution in [2.75, 3.05) is 26.2 Å². The van der Waals surface area contributed by atoms with Gasteiger partial charge in [0.25, 0.3) is 0 Å². The summed E-state index contributed by atoms with van der Waals surface area (Å²) in [6, 6.07) is 0. The summed E-state index contributed by atoms with van der Waals surface area (Å²) in [4.78, 5) is 2.47. The van der Waals surface area contributed by atoms with Crippen molar-refractivity contribution in [1.82, 2.24) is 4.90 Å². The first-order valence-corrected chi connectivity index (χ1v) is 6.06. The van der Waals surface area contributed by atoms with Gasteiger partial charge in [-0.05, 0) is 31.7 Å². The zero-order valence-corrected chi connectivity index (χ0v) is 9.96. The van der Waals surface area contributed by atoms with Crippen molar-refractivity contribution in [1.29, 1.82) is 0 Å². The molecule has 2 nitrogen and oxygen atoms in total. The third-order valence-corrected chi connectivity index (χ3v) is 2.96. The topological polar surface area (TPSA) is 12.5 Å². The second-order valence-electron chi connectivity index (χ2n) is 4.71. The standard InChI is InChI=1S/C12H25NO/c1-4-13-8-7-12(10-13)14-9-5-6-11(2)3/h11-12H,4-10H2,1-3H3. The lowest BCUT2D eigenvalue weighted by atomic mass is 10.1. The van der Waals surface area contributed by atoms with Crippen LogP contribution in [-0.2, 0) is 4.74 Å². The SMILES string of the molecule is CCN1CCC(OCCCC(C)C)C1. The molecule has 1 aliphatic heterocycles. The van der Waals surface area contributed by atoms with E-state index in [4.69, 9.17) is 4.74 Å². The fourth-order valence-corrected chi connectivity index (χ4v) is 1.96. The van der Waals surface area contributed by atoms with Crippen LogP contribution in [0.15, 0.2) is 0 Å². The van der Waals surface area contributed by atoms with Gasteiger partial charge in [-0.1, -0.05) is 20.8 Å². The molecule has 0 spiro atoms. The smallest absolute Gasteiger partial charge is 0.0714 e. The Labute approximate surface area is 88.6 Å². The van der Waals surface area contributed by atoms with E-state index in [2.05, 4.69) is 25.7 Å². The average Bonchev–Trinajstić information content (AvgIpc) is 2.60. The second kappa shape index (κ2) is 6.41. The van der Waals surface area contributed by atoms with E-state index in [1.54, 1.807) is 0 Å². The average molecular weight is 199 g/mol. The van der Waals surface area contributed by atoms with E-state index in [0.29, 0.717) is 6.10 Å². The van der Waals surface area contributed by atoms with Crippen LogP contribution in [0.25, 0.3) is 0 Å². The minimum atomic E-state index is 0.516. The summed E-state index contributed by atoms with van der Waals surface area (Å²) in [6.45, 7) is 11.3. The Balaban J connectivity index is 1.97. The van der Waals surface area contributed by atoms with Crippen LogP contribution in [0, 0.1) is 5.92 Å². The number of likely N-dealkylation sites (N-methyl/N-ethyl adjacent to an activating group) is 1. The highest BCUT2D eigenvalue weighted by Gasteiger charge is 2.20. The van der Waals surface area contributed by atoms with E-state index < -0.39 is 0 Å². The van der Waals surface area contributed by atoms with Crippen LogP contribution in [0.4, 0.5) is 0 Å². The molecule has 0 aromatic heterocycles. The highest BCUT2D eigenvalue weighted by molar-refractivity contribution is 4.74. The van der Waals surface area contributed by atoms with Crippen LogP contribution in [-0.4, -0.2) is 37.2 Å². The summed E-state index contributed by atoms with van der Waals surface area (Å²) < 4.78 is 5.84. The minimum Gasteiger partial charge on any atom is -0.377 e. The second-order valence-corrected chi connectivity index (χ2v) is 4.71. The van der Waals surface area contributed by atoms with Gasteiger partial charge in [0.1, 0.15) is 0 Å². The van der Waals surface area contributed by atoms with Gasteiger partial charge in [0.2, 0.25) is 0 Å². The molecule has 84 valence electrons. The molecule has 1 fully saturated rings. The molecular formula is C12H25NO. The van der Waals surface area contributed by atoms with Gasteiger partial charge in [-0.15, -0.1) is 0 Å². The van der Waals surface area contributed by atoms with Crippen molar-refractivity contribution in [3.63, 3.8) is 0 Å². The largest absolute Gasteiger partial charge is 0.377 e. The van der Waals surface area contributed by atoms with Gasteiger partial charge in [-0.3, -0.25) is 0 Å². The zero-order valence-electron chi connectivity index (χ0n) is 9.96. The van der Waals surface area contributed by atoms with Crippen LogP contribution in [0.1, 0.15) is 40.0 Å². The minimum absolute atomic E-state index is 0.516. The fraction of sp³-hybridized carbons (Fsp3) is 1.00. The summed E-state index contributed by atoms with van der Waals surface area (Å²) in [7, 11) is 0. The van der Waals surface area contributed by atoms with Crippen LogP contribution in [0.3, 0.4) is 0 Å². The molecule has 0 radical (unpaired) electrons. The van der Waals surface area contributed by atoms with Crippen molar-refractivity contribution in [2.45, 2.75) is 46.1 Å². The number of rotatable bonds is 6. The van der Waals surface area contributed by atoms with Gasteiger partial charge in [-0.25, -0.2) is 0 Å². The van der Waals surface area contributed by atoms with Crippen molar-refractivity contribution in [2.24, 2.45) is 5.92 Å². The van der Waals surface area contributed by atoms with E-state index in [9.17, 15) is 0 Å².